The van der Waals surface area contributed by atoms with Gasteiger partial charge in [-0.2, -0.15) is 5.10 Å². The van der Waals surface area contributed by atoms with Crippen molar-refractivity contribution in [2.24, 2.45) is 0 Å². The number of carbonyl (C=O) groups is 2. The number of phenols is 1. The summed E-state index contributed by atoms with van der Waals surface area (Å²) in [6.45, 7) is 4.11. The molecule has 0 spiro atoms. The van der Waals surface area contributed by atoms with E-state index in [2.05, 4.69) is 22.0 Å². The molecule has 0 bridgehead atoms. The van der Waals surface area contributed by atoms with Crippen molar-refractivity contribution in [1.82, 2.24) is 24.6 Å². The summed E-state index contributed by atoms with van der Waals surface area (Å²) in [7, 11) is 0. The Labute approximate surface area is 300 Å². The maximum atomic E-state index is 14.8. The molecule has 4 heterocycles. The molecule has 6 aromatic rings. The summed E-state index contributed by atoms with van der Waals surface area (Å²) in [5.41, 5.74) is 4.89. The molecule has 10 nitrogen and oxygen atoms in total. The second kappa shape index (κ2) is 14.0. The van der Waals surface area contributed by atoms with E-state index in [0.29, 0.717) is 59.3 Å². The van der Waals surface area contributed by atoms with Crippen molar-refractivity contribution in [1.29, 1.82) is 0 Å². The van der Waals surface area contributed by atoms with Gasteiger partial charge in [0, 0.05) is 55.2 Å². The Morgan fingerprint density at radius 1 is 0.843 bits per heavy atom. The van der Waals surface area contributed by atoms with Gasteiger partial charge in [-0.05, 0) is 66.1 Å². The number of anilines is 2. The van der Waals surface area contributed by atoms with E-state index in [4.69, 9.17) is 21.4 Å². The summed E-state index contributed by atoms with van der Waals surface area (Å²) < 4.78 is 7.20. The fraction of sp³-hybridized carbons (Fsp3) is 0.200. The van der Waals surface area contributed by atoms with Crippen LogP contribution in [0.4, 0.5) is 11.4 Å². The highest BCUT2D eigenvalue weighted by Crippen LogP contribution is 2.33. The van der Waals surface area contributed by atoms with Gasteiger partial charge in [-0.25, -0.2) is 9.67 Å². The number of morpholine rings is 1. The number of pyridine rings is 1. The van der Waals surface area contributed by atoms with Crippen LogP contribution >= 0.6 is 11.6 Å². The van der Waals surface area contributed by atoms with E-state index in [9.17, 15) is 14.7 Å². The molecular formula is C40H35ClN6O4. The molecule has 1 fully saturated rings. The van der Waals surface area contributed by atoms with Crippen LogP contribution in [0.2, 0.25) is 5.02 Å². The molecule has 256 valence electrons. The van der Waals surface area contributed by atoms with Gasteiger partial charge < -0.3 is 14.7 Å². The second-order valence-electron chi connectivity index (χ2n) is 12.8. The van der Waals surface area contributed by atoms with Gasteiger partial charge in [-0.1, -0.05) is 72.3 Å². The number of amides is 2. The lowest BCUT2D eigenvalue weighted by molar-refractivity contribution is 0.0191. The molecular weight excluding hydrogens is 664 g/mol. The van der Waals surface area contributed by atoms with Crippen molar-refractivity contribution < 1.29 is 19.4 Å². The summed E-state index contributed by atoms with van der Waals surface area (Å²) in [5.74, 6) is -0.538. The van der Waals surface area contributed by atoms with Gasteiger partial charge >= 0.3 is 0 Å². The molecule has 1 N–H and O–H groups in total. The van der Waals surface area contributed by atoms with Crippen LogP contribution in [-0.4, -0.2) is 80.4 Å². The van der Waals surface area contributed by atoms with Crippen molar-refractivity contribution in [3.63, 3.8) is 0 Å². The van der Waals surface area contributed by atoms with Crippen LogP contribution in [0.3, 0.4) is 0 Å². The molecule has 4 aromatic carbocycles. The maximum absolute atomic E-state index is 14.8. The van der Waals surface area contributed by atoms with Crippen molar-refractivity contribution in [3.05, 3.63) is 143 Å². The van der Waals surface area contributed by atoms with Gasteiger partial charge in [0.15, 0.2) is 11.4 Å². The van der Waals surface area contributed by atoms with Gasteiger partial charge in [0.05, 0.1) is 29.4 Å². The predicted molar refractivity (Wildman–Crippen MR) is 196 cm³/mol. The lowest BCUT2D eigenvalue weighted by Crippen LogP contribution is -2.52. The number of aromatic hydroxyl groups is 1. The third-order valence-corrected chi connectivity index (χ3v) is 9.78. The van der Waals surface area contributed by atoms with Gasteiger partial charge in [0.25, 0.3) is 11.8 Å². The van der Waals surface area contributed by atoms with Crippen LogP contribution in [-0.2, 0) is 17.7 Å². The molecule has 2 aliphatic heterocycles. The van der Waals surface area contributed by atoms with Gasteiger partial charge in [0.1, 0.15) is 5.75 Å². The Morgan fingerprint density at radius 2 is 1.53 bits per heavy atom. The highest BCUT2D eigenvalue weighted by Gasteiger charge is 2.35. The number of nitrogens with zero attached hydrogens (tertiary/aromatic N) is 6. The molecule has 51 heavy (non-hydrogen) atoms. The first kappa shape index (κ1) is 32.6. The van der Waals surface area contributed by atoms with Crippen LogP contribution in [0.5, 0.6) is 5.75 Å². The van der Waals surface area contributed by atoms with Gasteiger partial charge in [-0.15, -0.1) is 0 Å². The standard InChI is InChI=1S/C40H35ClN6O4/c41-29-23-36(38(42-24-29)39(49)45-25-28-9-5-4-8-27(28)22-32(45)26-44-18-20-51-21-19-44)47-35-13-7-6-12-34(35)37(43-47)40(50)46(30-10-2-1-3-11-30)31-14-16-33(48)17-15-31/h1-17,23-24,32,48H,18-22,25-26H2/t32-/m0/s1. The number of halogens is 1. The zero-order chi connectivity index (χ0) is 34.9. The SMILES string of the molecule is O=C(c1nn(-c2cc(Cl)cnc2C(=O)N2Cc3ccccc3C[C@H]2CN2CCOCC2)c2ccccc12)N(c1ccccc1)c1ccc(O)cc1. The minimum atomic E-state index is -0.386. The van der Waals surface area contributed by atoms with E-state index in [-0.39, 0.29) is 35.0 Å². The van der Waals surface area contributed by atoms with E-state index in [0.717, 1.165) is 25.1 Å². The molecule has 2 amide bonds. The average Bonchev–Trinajstić information content (AvgIpc) is 3.56. The Morgan fingerprint density at radius 3 is 2.31 bits per heavy atom. The highest BCUT2D eigenvalue weighted by molar-refractivity contribution is 6.30. The minimum absolute atomic E-state index is 0.0870. The molecule has 0 aliphatic carbocycles. The first-order valence-corrected chi connectivity index (χ1v) is 17.3. The Balaban J connectivity index is 1.22. The van der Waals surface area contributed by atoms with E-state index in [1.54, 1.807) is 27.8 Å². The average molecular weight is 699 g/mol. The quantitative estimate of drug-likeness (QED) is 0.199. The lowest BCUT2D eigenvalue weighted by Gasteiger charge is -2.40. The highest BCUT2D eigenvalue weighted by atomic mass is 35.5. The van der Waals surface area contributed by atoms with Crippen molar-refractivity contribution in [2.75, 3.05) is 37.7 Å². The zero-order valence-corrected chi connectivity index (χ0v) is 28.5. The number of hydrogen-bond donors (Lipinski definition) is 1. The number of ether oxygens (including phenoxy) is 1. The van der Waals surface area contributed by atoms with Crippen molar-refractivity contribution in [2.45, 2.75) is 19.0 Å². The van der Waals surface area contributed by atoms with E-state index in [1.807, 2.05) is 71.6 Å². The predicted octanol–water partition coefficient (Wildman–Crippen LogP) is 6.66. The maximum Gasteiger partial charge on any atom is 0.283 e. The number of rotatable bonds is 7. The number of para-hydroxylation sites is 2. The van der Waals surface area contributed by atoms with Crippen molar-refractivity contribution in [3.8, 4) is 11.4 Å². The summed E-state index contributed by atoms with van der Waals surface area (Å²) >= 11 is 6.58. The summed E-state index contributed by atoms with van der Waals surface area (Å²) in [4.78, 5) is 39.9. The largest absolute Gasteiger partial charge is 0.508 e. The van der Waals surface area contributed by atoms with E-state index < -0.39 is 0 Å². The fourth-order valence-corrected chi connectivity index (χ4v) is 7.19. The van der Waals surface area contributed by atoms with E-state index in [1.165, 1.54) is 23.9 Å². The fourth-order valence-electron chi connectivity index (χ4n) is 7.04. The lowest BCUT2D eigenvalue weighted by atomic mass is 9.93. The molecule has 1 atom stereocenters. The molecule has 11 heteroatoms. The van der Waals surface area contributed by atoms with Gasteiger partial charge in [0.2, 0.25) is 0 Å². The number of benzene rings is 4. The smallest absolute Gasteiger partial charge is 0.283 e. The van der Waals surface area contributed by atoms with Crippen LogP contribution < -0.4 is 4.90 Å². The molecule has 2 aliphatic rings. The van der Waals surface area contributed by atoms with Crippen LogP contribution in [0.15, 0.2) is 115 Å². The van der Waals surface area contributed by atoms with Crippen LogP contribution in [0, 0.1) is 0 Å². The Bertz CT molecular complexity index is 2220. The number of aromatic nitrogens is 3. The first-order valence-electron chi connectivity index (χ1n) is 16.9. The summed E-state index contributed by atoms with van der Waals surface area (Å²) in [5, 5.41) is 15.8. The van der Waals surface area contributed by atoms with Crippen LogP contribution in [0.25, 0.3) is 16.6 Å². The second-order valence-corrected chi connectivity index (χ2v) is 13.2. The molecule has 0 unspecified atom stereocenters. The Hall–Kier alpha value is -5.55. The van der Waals surface area contributed by atoms with E-state index >= 15 is 0 Å². The van der Waals surface area contributed by atoms with Crippen molar-refractivity contribution >= 4 is 45.7 Å². The monoisotopic (exact) mass is 698 g/mol. The third-order valence-electron chi connectivity index (χ3n) is 9.57. The number of hydrogen-bond acceptors (Lipinski definition) is 7. The Kier molecular flexibility index (Phi) is 8.95. The molecule has 2 aromatic heterocycles. The van der Waals surface area contributed by atoms with Gasteiger partial charge in [-0.3, -0.25) is 19.4 Å². The number of phenolic OH excluding ortho intramolecular Hbond substituents is 1. The third kappa shape index (κ3) is 6.45. The first-order chi connectivity index (χ1) is 24.9. The molecule has 1 saturated heterocycles. The molecule has 8 rings (SSSR count). The van der Waals surface area contributed by atoms with Crippen LogP contribution in [0.1, 0.15) is 32.1 Å². The summed E-state index contributed by atoms with van der Waals surface area (Å²) in [6, 6.07) is 33.0. The number of fused-ring (bicyclic) bond motifs is 2. The zero-order valence-electron chi connectivity index (χ0n) is 27.7. The normalized spacial score (nSPS) is 16.2. The molecule has 0 radical (unpaired) electrons. The summed E-state index contributed by atoms with van der Waals surface area (Å²) in [6.07, 6.45) is 2.20. The molecule has 0 saturated carbocycles. The topological polar surface area (TPSA) is 104 Å². The number of carbonyl (C=O) groups excluding carboxylic acids is 2. The minimum Gasteiger partial charge on any atom is -0.508 e.